The number of hydrogen-bond acceptors (Lipinski definition) is 2. The number of rotatable bonds is 15. The van der Waals surface area contributed by atoms with E-state index >= 15 is 0 Å². The summed E-state index contributed by atoms with van der Waals surface area (Å²) in [5, 5.41) is 8.52. The van der Waals surface area contributed by atoms with E-state index in [1.165, 1.54) is 51.4 Å². The monoisotopic (exact) mass is 310 g/mol. The van der Waals surface area contributed by atoms with Crippen molar-refractivity contribution in [2.75, 3.05) is 26.2 Å². The van der Waals surface area contributed by atoms with Crippen LogP contribution in [-0.4, -0.2) is 48.7 Å². The molecule has 0 aromatic rings. The van der Waals surface area contributed by atoms with Crippen LogP contribution in [0, 0.1) is 0 Å². The van der Waals surface area contributed by atoms with Gasteiger partial charge in [0, 0.05) is 26.2 Å². The van der Waals surface area contributed by atoms with E-state index in [0.717, 1.165) is 26.2 Å². The predicted molar refractivity (Wildman–Crippen MR) is 99.8 cm³/mol. The summed E-state index contributed by atoms with van der Waals surface area (Å²) in [6.45, 7) is 13.3. The van der Waals surface area contributed by atoms with Crippen LogP contribution in [0.4, 0.5) is 0 Å². The third kappa shape index (κ3) is 12.7. The minimum atomic E-state index is 1.09. The van der Waals surface area contributed by atoms with Gasteiger partial charge in [-0.2, -0.15) is 0 Å². The molecule has 0 aromatic carbocycles. The Kier molecular flexibility index (Phi) is 15.5. The first-order valence-corrected chi connectivity index (χ1v) is 9.33. The van der Waals surface area contributed by atoms with Crippen molar-refractivity contribution in [2.45, 2.75) is 79.1 Å². The molecule has 0 saturated carbocycles. The molecular weight excluding hydrogens is 272 g/mol. The molecule has 0 radical (unpaired) electrons. The summed E-state index contributed by atoms with van der Waals surface area (Å²) >= 11 is 0. The van der Waals surface area contributed by atoms with Gasteiger partial charge in [0.05, 0.1) is 0 Å². The molecule has 0 N–H and O–H groups in total. The van der Waals surface area contributed by atoms with Crippen molar-refractivity contribution in [1.82, 2.24) is 9.80 Å². The second kappa shape index (κ2) is 16.3. The van der Waals surface area contributed by atoms with Crippen LogP contribution in [0.1, 0.15) is 79.1 Å². The number of unbranched alkanes of at least 4 members (excludes halogenated alkanes) is 4. The molecule has 0 amide bonds. The lowest BCUT2D eigenvalue weighted by atomic mass is 10.3. The van der Waals surface area contributed by atoms with E-state index in [0.29, 0.717) is 0 Å². The van der Waals surface area contributed by atoms with Crippen LogP contribution in [0.25, 0.3) is 0 Å². The molecule has 130 valence electrons. The highest BCUT2D eigenvalue weighted by Gasteiger charge is 1.99. The Hall–Kier alpha value is -1.06. The van der Waals surface area contributed by atoms with E-state index in [1.807, 2.05) is 12.7 Å². The molecule has 0 spiro atoms. The molecule has 4 heteroatoms. The lowest BCUT2D eigenvalue weighted by Gasteiger charge is -2.19. The van der Waals surface area contributed by atoms with Crippen LogP contribution < -0.4 is 0 Å². The van der Waals surface area contributed by atoms with Gasteiger partial charge in [-0.15, -0.1) is 10.2 Å². The van der Waals surface area contributed by atoms with Crippen molar-refractivity contribution >= 4 is 12.7 Å². The fourth-order valence-corrected chi connectivity index (χ4v) is 2.11. The Bertz CT molecular complexity index is 232. The Morgan fingerprint density at radius 3 is 1.05 bits per heavy atom. The van der Waals surface area contributed by atoms with Gasteiger partial charge in [-0.1, -0.05) is 53.4 Å². The molecule has 0 aliphatic rings. The third-order valence-corrected chi connectivity index (χ3v) is 3.69. The van der Waals surface area contributed by atoms with Gasteiger partial charge in [-0.05, 0) is 25.7 Å². The van der Waals surface area contributed by atoms with E-state index in [4.69, 9.17) is 0 Å². The van der Waals surface area contributed by atoms with E-state index in [2.05, 4.69) is 47.7 Å². The van der Waals surface area contributed by atoms with Crippen LogP contribution in [-0.2, 0) is 0 Å². The van der Waals surface area contributed by atoms with Crippen molar-refractivity contribution in [1.29, 1.82) is 0 Å². The molecule has 0 atom stereocenters. The molecule has 0 aliphatic carbocycles. The Balaban J connectivity index is 4.30. The molecule has 0 aliphatic heterocycles. The average molecular weight is 311 g/mol. The maximum absolute atomic E-state index is 4.26. The minimum absolute atomic E-state index is 1.09. The normalized spacial score (nSPS) is 11.6. The lowest BCUT2D eigenvalue weighted by molar-refractivity contribution is 0.404. The first kappa shape index (κ1) is 20.9. The van der Waals surface area contributed by atoms with E-state index in [9.17, 15) is 0 Å². The van der Waals surface area contributed by atoms with Gasteiger partial charge in [-0.3, -0.25) is 0 Å². The van der Waals surface area contributed by atoms with Crippen LogP contribution >= 0.6 is 0 Å². The van der Waals surface area contributed by atoms with E-state index in [1.54, 1.807) is 0 Å². The summed E-state index contributed by atoms with van der Waals surface area (Å²) in [6.07, 6.45) is 13.6. The summed E-state index contributed by atoms with van der Waals surface area (Å²) in [5.74, 6) is 0. The van der Waals surface area contributed by atoms with Crippen molar-refractivity contribution in [3.63, 3.8) is 0 Å². The first-order chi connectivity index (χ1) is 10.8. The highest BCUT2D eigenvalue weighted by Crippen LogP contribution is 1.98. The summed E-state index contributed by atoms with van der Waals surface area (Å²) in [4.78, 5) is 4.60. The molecule has 0 fully saturated rings. The van der Waals surface area contributed by atoms with Crippen molar-refractivity contribution in [3.05, 3.63) is 0 Å². The number of hydrogen-bond donors (Lipinski definition) is 0. The van der Waals surface area contributed by atoms with Gasteiger partial charge in [0.2, 0.25) is 0 Å². The second-order valence-corrected chi connectivity index (χ2v) is 5.95. The highest BCUT2D eigenvalue weighted by atomic mass is 15.3. The van der Waals surface area contributed by atoms with Crippen LogP contribution in [0.5, 0.6) is 0 Å². The molecule has 0 rings (SSSR count). The third-order valence-electron chi connectivity index (χ3n) is 3.69. The molecule has 0 heterocycles. The lowest BCUT2D eigenvalue weighted by Crippen LogP contribution is -2.25. The molecular formula is C18H38N4. The topological polar surface area (TPSA) is 31.2 Å². The Morgan fingerprint density at radius 1 is 0.545 bits per heavy atom. The summed E-state index contributed by atoms with van der Waals surface area (Å²) in [5.41, 5.74) is 0. The SMILES string of the molecule is CCCCN(/C=N/N=C/N(CCCC)CCCC)CCCC. The first-order valence-electron chi connectivity index (χ1n) is 9.33. The van der Waals surface area contributed by atoms with Crippen LogP contribution in [0.2, 0.25) is 0 Å². The summed E-state index contributed by atoms with van der Waals surface area (Å²) < 4.78 is 0. The van der Waals surface area contributed by atoms with Gasteiger partial charge in [-0.25, -0.2) is 0 Å². The van der Waals surface area contributed by atoms with Gasteiger partial charge in [0.15, 0.2) is 0 Å². The summed E-state index contributed by atoms with van der Waals surface area (Å²) in [7, 11) is 0. The summed E-state index contributed by atoms with van der Waals surface area (Å²) in [6, 6.07) is 0. The smallest absolute Gasteiger partial charge is 0.114 e. The maximum Gasteiger partial charge on any atom is 0.114 e. The quantitative estimate of drug-likeness (QED) is 0.248. The Labute approximate surface area is 138 Å². The Morgan fingerprint density at radius 2 is 0.818 bits per heavy atom. The predicted octanol–water partition coefficient (Wildman–Crippen LogP) is 4.76. The van der Waals surface area contributed by atoms with Crippen molar-refractivity contribution in [2.24, 2.45) is 10.2 Å². The van der Waals surface area contributed by atoms with Gasteiger partial charge < -0.3 is 9.80 Å². The van der Waals surface area contributed by atoms with Gasteiger partial charge >= 0.3 is 0 Å². The standard InChI is InChI=1S/C18H38N4/c1-5-9-13-21(14-10-6-2)17-19-20-18-22(15-11-7-3)16-12-8-4/h17-18H,5-16H2,1-4H3/b19-17+,20-18+. The molecule has 0 aromatic heterocycles. The molecule has 0 saturated heterocycles. The van der Waals surface area contributed by atoms with E-state index in [-0.39, 0.29) is 0 Å². The van der Waals surface area contributed by atoms with Gasteiger partial charge in [0.1, 0.15) is 12.7 Å². The van der Waals surface area contributed by atoms with Gasteiger partial charge in [0.25, 0.3) is 0 Å². The molecule has 0 bridgehead atoms. The van der Waals surface area contributed by atoms with E-state index < -0.39 is 0 Å². The fraction of sp³-hybridized carbons (Fsp3) is 0.889. The molecule has 4 nitrogen and oxygen atoms in total. The van der Waals surface area contributed by atoms with Crippen LogP contribution in [0.3, 0.4) is 0 Å². The minimum Gasteiger partial charge on any atom is -0.361 e. The van der Waals surface area contributed by atoms with Crippen molar-refractivity contribution < 1.29 is 0 Å². The van der Waals surface area contributed by atoms with Crippen molar-refractivity contribution in [3.8, 4) is 0 Å². The fourth-order valence-electron chi connectivity index (χ4n) is 2.11. The molecule has 22 heavy (non-hydrogen) atoms. The largest absolute Gasteiger partial charge is 0.361 e. The zero-order chi connectivity index (χ0) is 16.5. The number of nitrogens with zero attached hydrogens (tertiary/aromatic N) is 4. The zero-order valence-electron chi connectivity index (χ0n) is 15.4. The van der Waals surface area contributed by atoms with Crippen LogP contribution in [0.15, 0.2) is 10.2 Å². The second-order valence-electron chi connectivity index (χ2n) is 5.95. The highest BCUT2D eigenvalue weighted by molar-refractivity contribution is 5.59. The average Bonchev–Trinajstić information content (AvgIpc) is 2.54. The molecule has 0 unspecified atom stereocenters. The maximum atomic E-state index is 4.26. The zero-order valence-corrected chi connectivity index (χ0v) is 15.4.